The molecule has 1 aliphatic heterocycles. The first kappa shape index (κ1) is 14.3. The van der Waals surface area contributed by atoms with Gasteiger partial charge in [0.15, 0.2) is 0 Å². The SMILES string of the molecule is COc1ccc(S(=O)(=O)N2CCC(=O)CC2)cc1Cl. The Morgan fingerprint density at radius 2 is 1.89 bits per heavy atom. The summed E-state index contributed by atoms with van der Waals surface area (Å²) in [5.41, 5.74) is 0. The van der Waals surface area contributed by atoms with Crippen LogP contribution in [0.2, 0.25) is 5.02 Å². The van der Waals surface area contributed by atoms with Crippen molar-refractivity contribution in [2.45, 2.75) is 17.7 Å². The van der Waals surface area contributed by atoms with Crippen LogP contribution in [0, 0.1) is 0 Å². The zero-order valence-electron chi connectivity index (χ0n) is 10.4. The number of benzene rings is 1. The summed E-state index contributed by atoms with van der Waals surface area (Å²) in [6.45, 7) is 0.454. The van der Waals surface area contributed by atoms with Gasteiger partial charge in [0.2, 0.25) is 10.0 Å². The molecule has 1 aromatic carbocycles. The first-order chi connectivity index (χ1) is 8.95. The number of carbonyl (C=O) groups excluding carboxylic acids is 1. The second-order valence-electron chi connectivity index (χ2n) is 4.24. The maximum atomic E-state index is 12.4. The molecule has 0 atom stereocenters. The van der Waals surface area contributed by atoms with Crippen molar-refractivity contribution in [1.29, 1.82) is 0 Å². The van der Waals surface area contributed by atoms with Gasteiger partial charge < -0.3 is 4.74 Å². The van der Waals surface area contributed by atoms with Gasteiger partial charge in [-0.25, -0.2) is 8.42 Å². The molecule has 0 spiro atoms. The van der Waals surface area contributed by atoms with Crippen molar-refractivity contribution in [2.24, 2.45) is 0 Å². The van der Waals surface area contributed by atoms with E-state index >= 15 is 0 Å². The van der Waals surface area contributed by atoms with E-state index in [0.717, 1.165) is 0 Å². The maximum absolute atomic E-state index is 12.4. The fraction of sp³-hybridized carbons (Fsp3) is 0.417. The normalized spacial score (nSPS) is 17.5. The van der Waals surface area contributed by atoms with Gasteiger partial charge in [-0.1, -0.05) is 11.6 Å². The predicted molar refractivity (Wildman–Crippen MR) is 71.0 cm³/mol. The van der Waals surface area contributed by atoms with E-state index in [1.807, 2.05) is 0 Å². The molecule has 0 amide bonds. The highest BCUT2D eigenvalue weighted by molar-refractivity contribution is 7.89. The van der Waals surface area contributed by atoms with Crippen molar-refractivity contribution in [3.8, 4) is 5.75 Å². The lowest BCUT2D eigenvalue weighted by molar-refractivity contribution is -0.120. The van der Waals surface area contributed by atoms with Crippen LogP contribution < -0.4 is 4.74 Å². The molecule has 0 saturated carbocycles. The van der Waals surface area contributed by atoms with Crippen LogP contribution in [0.25, 0.3) is 0 Å². The number of halogens is 1. The molecular formula is C12H14ClNO4S. The molecule has 0 aliphatic carbocycles. The summed E-state index contributed by atoms with van der Waals surface area (Å²) in [6, 6.07) is 4.34. The third-order valence-electron chi connectivity index (χ3n) is 3.04. The first-order valence-corrected chi connectivity index (χ1v) is 7.62. The van der Waals surface area contributed by atoms with E-state index in [-0.39, 0.29) is 41.6 Å². The summed E-state index contributed by atoms with van der Waals surface area (Å²) >= 11 is 5.94. The van der Waals surface area contributed by atoms with Crippen LogP contribution in [0.3, 0.4) is 0 Å². The number of ether oxygens (including phenoxy) is 1. The van der Waals surface area contributed by atoms with E-state index in [2.05, 4.69) is 0 Å². The van der Waals surface area contributed by atoms with Crippen molar-refractivity contribution >= 4 is 27.4 Å². The third kappa shape index (κ3) is 2.91. The topological polar surface area (TPSA) is 63.7 Å². The first-order valence-electron chi connectivity index (χ1n) is 5.80. The molecular weight excluding hydrogens is 290 g/mol. The monoisotopic (exact) mass is 303 g/mol. The second kappa shape index (κ2) is 5.48. The molecule has 1 aliphatic rings. The van der Waals surface area contributed by atoms with Gasteiger partial charge in [-0.05, 0) is 18.2 Å². The molecule has 0 bridgehead atoms. The largest absolute Gasteiger partial charge is 0.495 e. The summed E-state index contributed by atoms with van der Waals surface area (Å²) in [5, 5.41) is 0.247. The standard InChI is InChI=1S/C12H14ClNO4S/c1-18-12-3-2-10(8-11(12)13)19(16,17)14-6-4-9(15)5-7-14/h2-3,8H,4-7H2,1H3. The molecule has 19 heavy (non-hydrogen) atoms. The number of hydrogen-bond donors (Lipinski definition) is 0. The molecule has 0 aromatic heterocycles. The van der Waals surface area contributed by atoms with Gasteiger partial charge in [-0.15, -0.1) is 0 Å². The Balaban J connectivity index is 2.29. The van der Waals surface area contributed by atoms with Crippen LogP contribution >= 0.6 is 11.6 Å². The van der Waals surface area contributed by atoms with Gasteiger partial charge in [0.25, 0.3) is 0 Å². The summed E-state index contributed by atoms with van der Waals surface area (Å²) < 4.78 is 31.0. The Hall–Kier alpha value is -1.11. The number of nitrogens with zero attached hydrogens (tertiary/aromatic N) is 1. The highest BCUT2D eigenvalue weighted by Gasteiger charge is 2.28. The number of carbonyl (C=O) groups is 1. The molecule has 1 heterocycles. The van der Waals surface area contributed by atoms with Crippen LogP contribution in [0.1, 0.15) is 12.8 Å². The number of ketones is 1. The third-order valence-corrected chi connectivity index (χ3v) is 5.23. The smallest absolute Gasteiger partial charge is 0.243 e. The van der Waals surface area contributed by atoms with Crippen LogP contribution in [0.15, 0.2) is 23.1 Å². The Labute approximate surface area is 117 Å². The van der Waals surface area contributed by atoms with Crippen molar-refractivity contribution in [3.05, 3.63) is 23.2 Å². The van der Waals surface area contributed by atoms with Gasteiger partial charge in [0, 0.05) is 25.9 Å². The molecule has 2 rings (SSSR count). The molecule has 1 saturated heterocycles. The summed E-state index contributed by atoms with van der Waals surface area (Å²) in [5.74, 6) is 0.522. The van der Waals surface area contributed by atoms with Gasteiger partial charge >= 0.3 is 0 Å². The lowest BCUT2D eigenvalue weighted by Gasteiger charge is -2.25. The fourth-order valence-corrected chi connectivity index (χ4v) is 3.72. The molecule has 7 heteroatoms. The summed E-state index contributed by atoms with van der Waals surface area (Å²) in [6.07, 6.45) is 0.534. The van der Waals surface area contributed by atoms with Crippen molar-refractivity contribution < 1.29 is 17.9 Å². The van der Waals surface area contributed by atoms with Crippen LogP contribution in [0.4, 0.5) is 0 Å². The molecule has 1 aromatic rings. The number of rotatable bonds is 3. The number of piperidine rings is 1. The Morgan fingerprint density at radius 1 is 1.26 bits per heavy atom. The van der Waals surface area contributed by atoms with E-state index in [4.69, 9.17) is 16.3 Å². The van der Waals surface area contributed by atoms with E-state index in [0.29, 0.717) is 5.75 Å². The van der Waals surface area contributed by atoms with Gasteiger partial charge in [0.05, 0.1) is 17.0 Å². The van der Waals surface area contributed by atoms with Gasteiger partial charge in [-0.3, -0.25) is 4.79 Å². The fourth-order valence-electron chi connectivity index (χ4n) is 1.93. The highest BCUT2D eigenvalue weighted by atomic mass is 35.5. The Morgan fingerprint density at radius 3 is 2.42 bits per heavy atom. The quantitative estimate of drug-likeness (QED) is 0.852. The van der Waals surface area contributed by atoms with Gasteiger partial charge in [0.1, 0.15) is 11.5 Å². The predicted octanol–water partition coefficient (Wildman–Crippen LogP) is 1.70. The molecule has 0 N–H and O–H groups in total. The molecule has 0 radical (unpaired) electrons. The number of sulfonamides is 1. The minimum atomic E-state index is -3.59. The highest BCUT2D eigenvalue weighted by Crippen LogP contribution is 2.29. The van der Waals surface area contributed by atoms with Crippen LogP contribution in [-0.4, -0.2) is 38.7 Å². The Kier molecular flexibility index (Phi) is 4.13. The van der Waals surface area contributed by atoms with Crippen LogP contribution in [-0.2, 0) is 14.8 Å². The zero-order valence-corrected chi connectivity index (χ0v) is 12.0. The second-order valence-corrected chi connectivity index (χ2v) is 6.58. The van der Waals surface area contributed by atoms with E-state index in [9.17, 15) is 13.2 Å². The molecule has 5 nitrogen and oxygen atoms in total. The minimum Gasteiger partial charge on any atom is -0.495 e. The van der Waals surface area contributed by atoms with E-state index < -0.39 is 10.0 Å². The van der Waals surface area contributed by atoms with Gasteiger partial charge in [-0.2, -0.15) is 4.31 Å². The summed E-state index contributed by atoms with van der Waals surface area (Å²) in [7, 11) is -2.13. The van der Waals surface area contributed by atoms with E-state index in [1.54, 1.807) is 0 Å². The number of Topliss-reactive ketones (excluding diaryl/α,β-unsaturated/α-hetero) is 1. The molecule has 0 unspecified atom stereocenters. The average molecular weight is 304 g/mol. The summed E-state index contributed by atoms with van der Waals surface area (Å²) in [4.78, 5) is 11.3. The van der Waals surface area contributed by atoms with E-state index in [1.165, 1.54) is 29.6 Å². The van der Waals surface area contributed by atoms with Crippen molar-refractivity contribution in [3.63, 3.8) is 0 Å². The minimum absolute atomic E-state index is 0.0965. The van der Waals surface area contributed by atoms with Crippen LogP contribution in [0.5, 0.6) is 5.75 Å². The Bertz CT molecular complexity index is 590. The number of hydrogen-bond acceptors (Lipinski definition) is 4. The molecule has 1 fully saturated rings. The number of methoxy groups -OCH3 is 1. The van der Waals surface area contributed by atoms with Crippen molar-refractivity contribution in [2.75, 3.05) is 20.2 Å². The van der Waals surface area contributed by atoms with Crippen molar-refractivity contribution in [1.82, 2.24) is 4.31 Å². The average Bonchev–Trinajstić information content (AvgIpc) is 2.39. The lowest BCUT2D eigenvalue weighted by atomic mass is 10.1. The maximum Gasteiger partial charge on any atom is 0.243 e. The lowest BCUT2D eigenvalue weighted by Crippen LogP contribution is -2.38. The zero-order chi connectivity index (χ0) is 14.0. The molecule has 104 valence electrons.